The van der Waals surface area contributed by atoms with Gasteiger partial charge in [0.1, 0.15) is 0 Å². The molecule has 2 aromatic carbocycles. The first kappa shape index (κ1) is 23.0. The molecule has 1 aromatic heterocycles. The van der Waals surface area contributed by atoms with Crippen molar-refractivity contribution in [1.82, 2.24) is 9.88 Å². The summed E-state index contributed by atoms with van der Waals surface area (Å²) in [6.07, 6.45) is 0.361. The minimum absolute atomic E-state index is 0. The summed E-state index contributed by atoms with van der Waals surface area (Å²) in [5, 5.41) is 5.82. The molecule has 0 amide bonds. The Kier molecular flexibility index (Phi) is 7.49. The topological polar surface area (TPSA) is 28.2 Å². The highest BCUT2D eigenvalue weighted by Crippen LogP contribution is 2.29. The molecule has 4 rings (SSSR count). The molecule has 1 saturated heterocycles. The zero-order valence-corrected chi connectivity index (χ0v) is 15.9. The fraction of sp³-hybridized carbons (Fsp3) is 0.318. The Balaban J connectivity index is 0.00000150. The van der Waals surface area contributed by atoms with E-state index in [0.29, 0.717) is 12.6 Å². The van der Waals surface area contributed by atoms with Crippen LogP contribution in [0, 0.1) is 0 Å². The molecule has 156 valence electrons. The second kappa shape index (κ2) is 9.46. The Labute approximate surface area is 175 Å². The number of alkyl halides is 3. The summed E-state index contributed by atoms with van der Waals surface area (Å²) >= 11 is 0. The van der Waals surface area contributed by atoms with Crippen molar-refractivity contribution in [2.75, 3.05) is 18.4 Å². The Morgan fingerprint density at radius 2 is 1.79 bits per heavy atom. The largest absolute Gasteiger partial charge is 0.416 e. The summed E-state index contributed by atoms with van der Waals surface area (Å²) in [5.74, 6) is 0. The molecule has 3 nitrogen and oxygen atoms in total. The number of benzene rings is 2. The molecular weight excluding hydrogens is 399 g/mol. The third-order valence-corrected chi connectivity index (χ3v) is 4.97. The highest BCUT2D eigenvalue weighted by Gasteiger charge is 2.30. The van der Waals surface area contributed by atoms with Gasteiger partial charge in [-0.2, -0.15) is 13.2 Å². The van der Waals surface area contributed by atoms with Crippen LogP contribution in [0.5, 0.6) is 0 Å². The Morgan fingerprint density at radius 1 is 1.03 bits per heavy atom. The highest BCUT2D eigenvalue weighted by atomic mass is 35.5. The molecule has 3 aromatic rings. The van der Waals surface area contributed by atoms with Crippen molar-refractivity contribution in [3.63, 3.8) is 0 Å². The van der Waals surface area contributed by atoms with E-state index in [9.17, 15) is 13.2 Å². The molecule has 7 heteroatoms. The molecule has 0 unspecified atom stereocenters. The first-order chi connectivity index (χ1) is 13.0. The summed E-state index contributed by atoms with van der Waals surface area (Å²) in [5.41, 5.74) is 1.38. The predicted molar refractivity (Wildman–Crippen MR) is 114 cm³/mol. The molecule has 0 spiro atoms. The van der Waals surface area contributed by atoms with Crippen LogP contribution in [0.1, 0.15) is 25.0 Å². The third-order valence-electron chi connectivity index (χ3n) is 4.97. The van der Waals surface area contributed by atoms with Crippen molar-refractivity contribution in [3.05, 3.63) is 72.1 Å². The maximum Gasteiger partial charge on any atom is 0.416 e. The normalized spacial score (nSPS) is 16.9. The molecule has 1 fully saturated rings. The van der Waals surface area contributed by atoms with Crippen LogP contribution in [0.3, 0.4) is 0 Å². The molecule has 2 heterocycles. The van der Waals surface area contributed by atoms with Gasteiger partial charge in [-0.3, -0.25) is 9.88 Å². The molecule has 1 N–H and O–H groups in total. The SMILES string of the molecule is C.Cl.FC(F)(F)c1ccc(CN2CC[C@@H](Nc3ccc4cnccc4c3)C2)cc1. The van der Waals surface area contributed by atoms with Crippen molar-refractivity contribution in [3.8, 4) is 0 Å². The maximum atomic E-state index is 12.7. The lowest BCUT2D eigenvalue weighted by Crippen LogP contribution is -2.26. The van der Waals surface area contributed by atoms with Crippen LogP contribution in [0.2, 0.25) is 0 Å². The van der Waals surface area contributed by atoms with Gasteiger partial charge in [-0.25, -0.2) is 0 Å². The fourth-order valence-electron chi connectivity index (χ4n) is 3.56. The van der Waals surface area contributed by atoms with Crippen molar-refractivity contribution in [2.24, 2.45) is 0 Å². The van der Waals surface area contributed by atoms with Crippen LogP contribution < -0.4 is 5.32 Å². The van der Waals surface area contributed by atoms with Gasteiger partial charge in [0.05, 0.1) is 5.56 Å². The highest BCUT2D eigenvalue weighted by molar-refractivity contribution is 5.85. The van der Waals surface area contributed by atoms with Crippen molar-refractivity contribution < 1.29 is 13.2 Å². The standard InChI is InChI=1S/C21H20F3N3.CH4.ClH/c22-21(23,24)18-4-1-15(2-5-18)13-27-10-8-20(14-27)26-19-6-3-17-12-25-9-7-16(17)11-19;;/h1-7,9,11-12,20,26H,8,10,13-14H2;1H4;1H/t20-;;/m1../s1. The van der Waals surface area contributed by atoms with Gasteiger partial charge in [0.2, 0.25) is 0 Å². The van der Waals surface area contributed by atoms with Gasteiger partial charge < -0.3 is 5.32 Å². The number of likely N-dealkylation sites (tertiary alicyclic amines) is 1. The number of pyridine rings is 1. The van der Waals surface area contributed by atoms with Crippen LogP contribution in [0.15, 0.2) is 60.9 Å². The number of halogens is 4. The lowest BCUT2D eigenvalue weighted by molar-refractivity contribution is -0.137. The number of nitrogens with one attached hydrogen (secondary N) is 1. The number of rotatable bonds is 4. The molecular formula is C22H25ClF3N3. The Morgan fingerprint density at radius 3 is 2.52 bits per heavy atom. The summed E-state index contributed by atoms with van der Waals surface area (Å²) < 4.78 is 38.0. The molecule has 0 aliphatic carbocycles. The van der Waals surface area contributed by atoms with Crippen molar-refractivity contribution in [1.29, 1.82) is 0 Å². The van der Waals surface area contributed by atoms with Crippen LogP contribution in [-0.2, 0) is 12.7 Å². The van der Waals surface area contributed by atoms with E-state index in [2.05, 4.69) is 33.4 Å². The number of hydrogen-bond donors (Lipinski definition) is 1. The first-order valence-corrected chi connectivity index (χ1v) is 8.96. The number of nitrogens with zero attached hydrogens (tertiary/aromatic N) is 2. The molecule has 29 heavy (non-hydrogen) atoms. The molecule has 0 bridgehead atoms. The minimum atomic E-state index is -4.28. The quantitative estimate of drug-likeness (QED) is 0.558. The monoisotopic (exact) mass is 423 g/mol. The second-order valence-electron chi connectivity index (χ2n) is 7.00. The van der Waals surface area contributed by atoms with Gasteiger partial charge in [-0.05, 0) is 47.7 Å². The van der Waals surface area contributed by atoms with Crippen LogP contribution in [-0.4, -0.2) is 29.0 Å². The van der Waals surface area contributed by atoms with Crippen LogP contribution in [0.25, 0.3) is 10.8 Å². The van der Waals surface area contributed by atoms with Crippen molar-refractivity contribution in [2.45, 2.75) is 32.6 Å². The lowest BCUT2D eigenvalue weighted by Gasteiger charge is -2.18. The molecule has 1 aliphatic rings. The first-order valence-electron chi connectivity index (χ1n) is 8.96. The van der Waals surface area contributed by atoms with E-state index in [4.69, 9.17) is 0 Å². The Hall–Kier alpha value is -2.31. The van der Waals surface area contributed by atoms with E-state index < -0.39 is 11.7 Å². The molecule has 1 atom stereocenters. The number of anilines is 1. The van der Waals surface area contributed by atoms with Gasteiger partial charge in [0.15, 0.2) is 0 Å². The van der Waals surface area contributed by atoms with E-state index in [0.717, 1.165) is 53.7 Å². The van der Waals surface area contributed by atoms with Gasteiger partial charge in [0.25, 0.3) is 0 Å². The zero-order chi connectivity index (χ0) is 18.9. The number of fused-ring (bicyclic) bond motifs is 1. The summed E-state index contributed by atoms with van der Waals surface area (Å²) in [4.78, 5) is 6.39. The second-order valence-corrected chi connectivity index (χ2v) is 7.00. The third kappa shape index (κ3) is 5.61. The molecule has 0 saturated carbocycles. The lowest BCUT2D eigenvalue weighted by atomic mass is 10.1. The minimum Gasteiger partial charge on any atom is -0.381 e. The summed E-state index contributed by atoms with van der Waals surface area (Å²) in [6.45, 7) is 2.46. The van der Waals surface area contributed by atoms with E-state index in [-0.39, 0.29) is 19.8 Å². The van der Waals surface area contributed by atoms with Gasteiger partial charge >= 0.3 is 6.18 Å². The van der Waals surface area contributed by atoms with Crippen LogP contribution in [0.4, 0.5) is 18.9 Å². The van der Waals surface area contributed by atoms with Crippen molar-refractivity contribution >= 4 is 28.9 Å². The predicted octanol–water partition coefficient (Wildman–Crippen LogP) is 6.00. The van der Waals surface area contributed by atoms with E-state index in [1.165, 1.54) is 0 Å². The molecule has 0 radical (unpaired) electrons. The number of hydrogen-bond acceptors (Lipinski definition) is 3. The smallest absolute Gasteiger partial charge is 0.381 e. The van der Waals surface area contributed by atoms with E-state index >= 15 is 0 Å². The van der Waals surface area contributed by atoms with E-state index in [1.54, 1.807) is 18.3 Å². The summed E-state index contributed by atoms with van der Waals surface area (Å²) in [7, 11) is 0. The zero-order valence-electron chi connectivity index (χ0n) is 15.1. The van der Waals surface area contributed by atoms with Gasteiger partial charge in [-0.1, -0.05) is 25.6 Å². The van der Waals surface area contributed by atoms with Gasteiger partial charge in [0, 0.05) is 49.1 Å². The van der Waals surface area contributed by atoms with Gasteiger partial charge in [-0.15, -0.1) is 12.4 Å². The average Bonchev–Trinajstić information content (AvgIpc) is 3.08. The van der Waals surface area contributed by atoms with Crippen LogP contribution >= 0.6 is 12.4 Å². The maximum absolute atomic E-state index is 12.7. The van der Waals surface area contributed by atoms with E-state index in [1.807, 2.05) is 12.3 Å². The Bertz CT molecular complexity index is 928. The molecule has 1 aliphatic heterocycles. The average molecular weight is 424 g/mol. The fourth-order valence-corrected chi connectivity index (χ4v) is 3.56. The number of aromatic nitrogens is 1. The summed E-state index contributed by atoms with van der Waals surface area (Å²) in [6, 6.07) is 14.0.